The van der Waals surface area contributed by atoms with E-state index in [-0.39, 0.29) is 0 Å². The van der Waals surface area contributed by atoms with E-state index in [0.29, 0.717) is 6.54 Å². The molecule has 2 heterocycles. The van der Waals surface area contributed by atoms with Gasteiger partial charge in [-0.25, -0.2) is 4.98 Å². The minimum Gasteiger partial charge on any atom is -0.356 e. The molecule has 4 nitrogen and oxygen atoms in total. The van der Waals surface area contributed by atoms with Crippen LogP contribution in [0.2, 0.25) is 0 Å². The van der Waals surface area contributed by atoms with Gasteiger partial charge in [0.2, 0.25) is 0 Å². The van der Waals surface area contributed by atoms with Crippen molar-refractivity contribution in [3.05, 3.63) is 66.0 Å². The number of fused-ring (bicyclic) bond motifs is 1. The molecule has 0 aliphatic heterocycles. The number of anilines is 1. The van der Waals surface area contributed by atoms with Gasteiger partial charge in [-0.1, -0.05) is 30.3 Å². The maximum Gasteiger partial charge on any atom is 0.138 e. The van der Waals surface area contributed by atoms with Crippen LogP contribution in [0.15, 0.2) is 54.9 Å². The summed E-state index contributed by atoms with van der Waals surface area (Å²) >= 11 is 0. The van der Waals surface area contributed by atoms with Crippen molar-refractivity contribution in [1.29, 1.82) is 0 Å². The molecule has 0 saturated carbocycles. The molecule has 2 aromatic heterocycles. The van der Waals surface area contributed by atoms with E-state index in [9.17, 15) is 0 Å². The molecule has 0 amide bonds. The van der Waals surface area contributed by atoms with Gasteiger partial charge in [0.25, 0.3) is 0 Å². The molecular formula is C16H18N4. The Morgan fingerprint density at radius 2 is 1.85 bits per heavy atom. The van der Waals surface area contributed by atoms with Crippen LogP contribution >= 0.6 is 0 Å². The van der Waals surface area contributed by atoms with E-state index in [1.807, 2.05) is 24.5 Å². The van der Waals surface area contributed by atoms with Crippen LogP contribution in [0.5, 0.6) is 0 Å². The summed E-state index contributed by atoms with van der Waals surface area (Å²) in [5, 5.41) is 0. The van der Waals surface area contributed by atoms with Crippen LogP contribution in [-0.4, -0.2) is 16.4 Å². The molecular weight excluding hydrogens is 248 g/mol. The Morgan fingerprint density at radius 1 is 1.10 bits per heavy atom. The first kappa shape index (κ1) is 12.7. The van der Waals surface area contributed by atoms with Gasteiger partial charge in [-0.3, -0.25) is 4.40 Å². The second-order valence-electron chi connectivity index (χ2n) is 4.92. The Morgan fingerprint density at radius 3 is 2.60 bits per heavy atom. The largest absolute Gasteiger partial charge is 0.356 e. The van der Waals surface area contributed by atoms with Crippen molar-refractivity contribution >= 4 is 11.5 Å². The molecule has 0 saturated heterocycles. The highest BCUT2D eigenvalue weighted by Crippen LogP contribution is 2.17. The molecule has 0 spiro atoms. The molecule has 0 fully saturated rings. The minimum atomic E-state index is 0.588. The van der Waals surface area contributed by atoms with Gasteiger partial charge >= 0.3 is 0 Å². The van der Waals surface area contributed by atoms with Crippen LogP contribution in [-0.2, 0) is 13.1 Å². The fourth-order valence-electron chi connectivity index (χ4n) is 2.38. The Labute approximate surface area is 118 Å². The van der Waals surface area contributed by atoms with Crippen molar-refractivity contribution in [3.8, 4) is 0 Å². The maximum atomic E-state index is 5.62. The van der Waals surface area contributed by atoms with Gasteiger partial charge in [-0.05, 0) is 23.3 Å². The van der Waals surface area contributed by atoms with Gasteiger partial charge in [-0.15, -0.1) is 0 Å². The van der Waals surface area contributed by atoms with E-state index < -0.39 is 0 Å². The zero-order valence-electron chi connectivity index (χ0n) is 11.5. The predicted octanol–water partition coefficient (Wildman–Crippen LogP) is 2.43. The second-order valence-corrected chi connectivity index (χ2v) is 4.92. The lowest BCUT2D eigenvalue weighted by Crippen LogP contribution is -2.19. The van der Waals surface area contributed by atoms with Crippen LogP contribution in [0.25, 0.3) is 5.65 Å². The van der Waals surface area contributed by atoms with Crippen LogP contribution < -0.4 is 10.6 Å². The number of pyridine rings is 1. The minimum absolute atomic E-state index is 0.588. The van der Waals surface area contributed by atoms with Gasteiger partial charge in [-0.2, -0.15) is 0 Å². The van der Waals surface area contributed by atoms with Gasteiger partial charge in [0.15, 0.2) is 0 Å². The third-order valence-corrected chi connectivity index (χ3v) is 3.48. The van der Waals surface area contributed by atoms with E-state index >= 15 is 0 Å². The van der Waals surface area contributed by atoms with E-state index in [2.05, 4.69) is 51.7 Å². The molecule has 3 aromatic rings. The molecule has 4 heteroatoms. The summed E-state index contributed by atoms with van der Waals surface area (Å²) in [5.74, 6) is 1.13. The predicted molar refractivity (Wildman–Crippen MR) is 81.6 cm³/mol. The lowest BCUT2D eigenvalue weighted by molar-refractivity contribution is 0.882. The van der Waals surface area contributed by atoms with Crippen molar-refractivity contribution in [1.82, 2.24) is 9.38 Å². The molecule has 2 N–H and O–H groups in total. The first-order valence-electron chi connectivity index (χ1n) is 6.69. The zero-order chi connectivity index (χ0) is 13.9. The van der Waals surface area contributed by atoms with Crippen LogP contribution in [0, 0.1) is 0 Å². The standard InChI is InChI=1S/C16H18N4/c1-19(12-14-7-5-13(11-17)6-8-14)16-4-2-3-15-18-9-10-20(15)16/h2-10H,11-12,17H2,1H3. The molecule has 20 heavy (non-hydrogen) atoms. The fraction of sp³-hybridized carbons (Fsp3) is 0.188. The lowest BCUT2D eigenvalue weighted by atomic mass is 10.1. The second kappa shape index (κ2) is 5.35. The van der Waals surface area contributed by atoms with Crippen molar-refractivity contribution < 1.29 is 0 Å². The quantitative estimate of drug-likeness (QED) is 0.789. The Hall–Kier alpha value is -2.33. The van der Waals surface area contributed by atoms with Crippen molar-refractivity contribution in [2.75, 3.05) is 11.9 Å². The third-order valence-electron chi connectivity index (χ3n) is 3.48. The highest BCUT2D eigenvalue weighted by atomic mass is 15.2. The highest BCUT2D eigenvalue weighted by molar-refractivity contribution is 5.51. The summed E-state index contributed by atoms with van der Waals surface area (Å²) < 4.78 is 2.09. The van der Waals surface area contributed by atoms with Crippen LogP contribution in [0.3, 0.4) is 0 Å². The number of nitrogens with two attached hydrogens (primary N) is 1. The van der Waals surface area contributed by atoms with Gasteiger partial charge in [0, 0.05) is 32.5 Å². The van der Waals surface area contributed by atoms with Crippen molar-refractivity contribution in [3.63, 3.8) is 0 Å². The monoisotopic (exact) mass is 266 g/mol. The van der Waals surface area contributed by atoms with E-state index in [1.54, 1.807) is 0 Å². The van der Waals surface area contributed by atoms with Crippen molar-refractivity contribution in [2.45, 2.75) is 13.1 Å². The van der Waals surface area contributed by atoms with E-state index in [1.165, 1.54) is 5.56 Å². The molecule has 0 radical (unpaired) electrons. The maximum absolute atomic E-state index is 5.62. The molecule has 0 aliphatic rings. The molecule has 0 atom stereocenters. The Balaban J connectivity index is 1.84. The normalized spacial score (nSPS) is 10.9. The van der Waals surface area contributed by atoms with Crippen LogP contribution in [0.1, 0.15) is 11.1 Å². The molecule has 3 rings (SSSR count). The molecule has 0 unspecified atom stereocenters. The molecule has 102 valence electrons. The first-order chi connectivity index (χ1) is 9.78. The Kier molecular flexibility index (Phi) is 3.39. The van der Waals surface area contributed by atoms with E-state index in [0.717, 1.165) is 23.6 Å². The summed E-state index contributed by atoms with van der Waals surface area (Å²) in [6, 6.07) is 14.6. The summed E-state index contributed by atoms with van der Waals surface area (Å²) in [6.07, 6.45) is 3.81. The van der Waals surface area contributed by atoms with Gasteiger partial charge in [0.1, 0.15) is 11.5 Å². The van der Waals surface area contributed by atoms with Gasteiger partial charge in [0.05, 0.1) is 0 Å². The number of nitrogens with zero attached hydrogens (tertiary/aromatic N) is 3. The number of hydrogen-bond acceptors (Lipinski definition) is 3. The lowest BCUT2D eigenvalue weighted by Gasteiger charge is -2.20. The Bertz CT molecular complexity index is 700. The summed E-state index contributed by atoms with van der Waals surface area (Å²) in [4.78, 5) is 6.53. The van der Waals surface area contributed by atoms with E-state index in [4.69, 9.17) is 5.73 Å². The molecule has 0 aliphatic carbocycles. The number of hydrogen-bond donors (Lipinski definition) is 1. The van der Waals surface area contributed by atoms with Gasteiger partial charge < -0.3 is 10.6 Å². The summed E-state index contributed by atoms with van der Waals surface area (Å²) in [6.45, 7) is 1.44. The average molecular weight is 266 g/mol. The SMILES string of the molecule is CN(Cc1ccc(CN)cc1)c1cccc2nccn12. The molecule has 1 aromatic carbocycles. The first-order valence-corrected chi connectivity index (χ1v) is 6.69. The number of benzene rings is 1. The third kappa shape index (κ3) is 2.38. The van der Waals surface area contributed by atoms with Crippen molar-refractivity contribution in [2.24, 2.45) is 5.73 Å². The summed E-state index contributed by atoms with van der Waals surface area (Å²) in [7, 11) is 2.09. The summed E-state index contributed by atoms with van der Waals surface area (Å²) in [5.41, 5.74) is 9.01. The fourth-order valence-corrected chi connectivity index (χ4v) is 2.38. The topological polar surface area (TPSA) is 46.6 Å². The zero-order valence-corrected chi connectivity index (χ0v) is 11.5. The average Bonchev–Trinajstić information content (AvgIpc) is 2.96. The molecule has 0 bridgehead atoms. The number of imidazole rings is 1. The number of aromatic nitrogens is 2. The smallest absolute Gasteiger partial charge is 0.138 e. The highest BCUT2D eigenvalue weighted by Gasteiger charge is 2.06. The number of rotatable bonds is 4. The van der Waals surface area contributed by atoms with Crippen LogP contribution in [0.4, 0.5) is 5.82 Å².